The summed E-state index contributed by atoms with van der Waals surface area (Å²) in [6, 6.07) is 20.6. The molecule has 0 radical (unpaired) electrons. The Kier molecular flexibility index (Phi) is 9.47. The standard InChI is InChI=1S/C26H31N5O.HI/c1-2-27-26(30-18-24-23-11-7-6-10-22(23)12-14-28-24)29-17-21-16-25(32)31(19-21)15-13-20-8-4-3-5-9-20;/h3-12,14,21H,2,13,15-19H2,1H3,(H2,27,29,30);1H. The van der Waals surface area contributed by atoms with Gasteiger partial charge in [-0.05, 0) is 30.4 Å². The molecule has 174 valence electrons. The van der Waals surface area contributed by atoms with E-state index in [1.54, 1.807) is 0 Å². The second kappa shape index (κ2) is 12.5. The fraction of sp³-hybridized carbons (Fsp3) is 0.346. The molecular formula is C26H32IN5O. The molecule has 2 heterocycles. The third kappa shape index (κ3) is 6.90. The highest BCUT2D eigenvalue weighted by molar-refractivity contribution is 14.0. The zero-order valence-corrected chi connectivity index (χ0v) is 21.4. The van der Waals surface area contributed by atoms with Crippen molar-refractivity contribution >= 4 is 46.6 Å². The Morgan fingerprint density at radius 1 is 1.09 bits per heavy atom. The number of rotatable bonds is 8. The number of likely N-dealkylation sites (tertiary alicyclic amines) is 1. The number of guanidine groups is 1. The minimum absolute atomic E-state index is 0. The number of fused-ring (bicyclic) bond motifs is 1. The van der Waals surface area contributed by atoms with Crippen LogP contribution in [0, 0.1) is 5.92 Å². The van der Waals surface area contributed by atoms with Crippen molar-refractivity contribution in [2.24, 2.45) is 10.9 Å². The molecule has 1 amide bonds. The van der Waals surface area contributed by atoms with Crippen molar-refractivity contribution in [2.75, 3.05) is 26.2 Å². The Balaban J connectivity index is 0.00000306. The predicted octanol–water partition coefficient (Wildman–Crippen LogP) is 4.00. The van der Waals surface area contributed by atoms with E-state index in [1.165, 1.54) is 10.9 Å². The molecule has 33 heavy (non-hydrogen) atoms. The van der Waals surface area contributed by atoms with E-state index in [9.17, 15) is 4.79 Å². The lowest BCUT2D eigenvalue weighted by molar-refractivity contribution is -0.127. The summed E-state index contributed by atoms with van der Waals surface area (Å²) in [5.74, 6) is 1.30. The molecule has 1 fully saturated rings. The minimum atomic E-state index is 0. The summed E-state index contributed by atoms with van der Waals surface area (Å²) in [6.07, 6.45) is 3.32. The zero-order valence-electron chi connectivity index (χ0n) is 19.0. The average Bonchev–Trinajstić information content (AvgIpc) is 3.19. The molecule has 6 nitrogen and oxygen atoms in total. The van der Waals surface area contributed by atoms with E-state index in [4.69, 9.17) is 4.99 Å². The van der Waals surface area contributed by atoms with Gasteiger partial charge in [-0.1, -0.05) is 54.6 Å². The van der Waals surface area contributed by atoms with Gasteiger partial charge in [0.15, 0.2) is 5.96 Å². The van der Waals surface area contributed by atoms with Crippen molar-refractivity contribution < 1.29 is 4.79 Å². The highest BCUT2D eigenvalue weighted by Gasteiger charge is 2.29. The molecule has 1 aromatic heterocycles. The number of carbonyl (C=O) groups excluding carboxylic acids is 1. The van der Waals surface area contributed by atoms with Crippen LogP contribution in [0.1, 0.15) is 24.6 Å². The van der Waals surface area contributed by atoms with Crippen LogP contribution in [0.3, 0.4) is 0 Å². The summed E-state index contributed by atoms with van der Waals surface area (Å²) in [6.45, 7) is 5.63. The van der Waals surface area contributed by atoms with E-state index in [1.807, 2.05) is 47.5 Å². The number of pyridine rings is 1. The van der Waals surface area contributed by atoms with Gasteiger partial charge in [-0.25, -0.2) is 4.99 Å². The van der Waals surface area contributed by atoms with E-state index in [0.29, 0.717) is 13.0 Å². The molecule has 4 rings (SSSR count). The van der Waals surface area contributed by atoms with Gasteiger partial charge in [-0.15, -0.1) is 24.0 Å². The summed E-state index contributed by atoms with van der Waals surface area (Å²) in [7, 11) is 0. The fourth-order valence-corrected chi connectivity index (χ4v) is 4.16. The van der Waals surface area contributed by atoms with Crippen LogP contribution >= 0.6 is 24.0 Å². The van der Waals surface area contributed by atoms with Crippen LogP contribution in [0.4, 0.5) is 0 Å². The Morgan fingerprint density at radius 3 is 2.70 bits per heavy atom. The first-order chi connectivity index (χ1) is 15.7. The van der Waals surface area contributed by atoms with Crippen LogP contribution in [0.25, 0.3) is 10.8 Å². The molecule has 0 bridgehead atoms. The van der Waals surface area contributed by atoms with Crippen LogP contribution in [0.15, 0.2) is 71.9 Å². The summed E-state index contributed by atoms with van der Waals surface area (Å²) in [4.78, 5) is 23.7. The number of hydrogen-bond donors (Lipinski definition) is 2. The molecule has 2 aromatic carbocycles. The van der Waals surface area contributed by atoms with E-state index in [0.717, 1.165) is 49.6 Å². The number of halogens is 1. The van der Waals surface area contributed by atoms with Gasteiger partial charge in [0.25, 0.3) is 0 Å². The van der Waals surface area contributed by atoms with E-state index in [2.05, 4.69) is 46.8 Å². The number of carbonyl (C=O) groups is 1. The molecule has 1 atom stereocenters. The van der Waals surface area contributed by atoms with Gasteiger partial charge in [0.1, 0.15) is 0 Å². The molecule has 3 aromatic rings. The number of hydrogen-bond acceptors (Lipinski definition) is 3. The molecular weight excluding hydrogens is 525 g/mol. The molecule has 1 saturated heterocycles. The summed E-state index contributed by atoms with van der Waals surface area (Å²) < 4.78 is 0. The number of benzene rings is 2. The van der Waals surface area contributed by atoms with Crippen LogP contribution in [0.2, 0.25) is 0 Å². The quantitative estimate of drug-likeness (QED) is 0.250. The number of aliphatic imine (C=N–C) groups is 1. The van der Waals surface area contributed by atoms with Crippen molar-refractivity contribution in [1.29, 1.82) is 0 Å². The molecule has 1 unspecified atom stereocenters. The maximum Gasteiger partial charge on any atom is 0.223 e. The van der Waals surface area contributed by atoms with E-state index < -0.39 is 0 Å². The van der Waals surface area contributed by atoms with Crippen molar-refractivity contribution in [1.82, 2.24) is 20.5 Å². The second-order valence-electron chi connectivity index (χ2n) is 8.20. The van der Waals surface area contributed by atoms with Crippen molar-refractivity contribution in [2.45, 2.75) is 26.3 Å². The smallest absolute Gasteiger partial charge is 0.223 e. The van der Waals surface area contributed by atoms with Crippen LogP contribution in [-0.4, -0.2) is 47.9 Å². The maximum atomic E-state index is 12.5. The highest BCUT2D eigenvalue weighted by Crippen LogP contribution is 2.18. The largest absolute Gasteiger partial charge is 0.357 e. The third-order valence-corrected chi connectivity index (χ3v) is 5.85. The minimum Gasteiger partial charge on any atom is -0.357 e. The summed E-state index contributed by atoms with van der Waals surface area (Å²) in [5, 5.41) is 9.04. The lowest BCUT2D eigenvalue weighted by Crippen LogP contribution is -2.40. The number of nitrogens with one attached hydrogen (secondary N) is 2. The lowest BCUT2D eigenvalue weighted by atomic mass is 10.1. The van der Waals surface area contributed by atoms with Gasteiger partial charge in [-0.2, -0.15) is 0 Å². The van der Waals surface area contributed by atoms with Crippen molar-refractivity contribution in [3.8, 4) is 0 Å². The zero-order chi connectivity index (χ0) is 22.2. The first kappa shape index (κ1) is 25.0. The predicted molar refractivity (Wildman–Crippen MR) is 145 cm³/mol. The summed E-state index contributed by atoms with van der Waals surface area (Å²) >= 11 is 0. The Morgan fingerprint density at radius 2 is 1.88 bits per heavy atom. The number of nitrogens with zero attached hydrogens (tertiary/aromatic N) is 3. The second-order valence-corrected chi connectivity index (χ2v) is 8.20. The Labute approximate surface area is 212 Å². The average molecular weight is 557 g/mol. The van der Waals surface area contributed by atoms with Gasteiger partial charge in [0, 0.05) is 50.1 Å². The first-order valence-corrected chi connectivity index (χ1v) is 11.4. The number of amides is 1. The van der Waals surface area contributed by atoms with Crippen LogP contribution in [-0.2, 0) is 17.8 Å². The van der Waals surface area contributed by atoms with E-state index in [-0.39, 0.29) is 35.8 Å². The molecule has 0 spiro atoms. The molecule has 2 N–H and O–H groups in total. The highest BCUT2D eigenvalue weighted by atomic mass is 127. The fourth-order valence-electron chi connectivity index (χ4n) is 4.16. The summed E-state index contributed by atoms with van der Waals surface area (Å²) in [5.41, 5.74) is 2.23. The van der Waals surface area contributed by atoms with Crippen LogP contribution < -0.4 is 10.6 Å². The number of aromatic nitrogens is 1. The topological polar surface area (TPSA) is 69.6 Å². The van der Waals surface area contributed by atoms with Crippen molar-refractivity contribution in [3.63, 3.8) is 0 Å². The third-order valence-electron chi connectivity index (χ3n) is 5.85. The van der Waals surface area contributed by atoms with Gasteiger partial charge in [-0.3, -0.25) is 9.78 Å². The molecule has 0 saturated carbocycles. The molecule has 7 heteroatoms. The first-order valence-electron chi connectivity index (χ1n) is 11.4. The van der Waals surface area contributed by atoms with Gasteiger partial charge >= 0.3 is 0 Å². The molecule has 1 aliphatic rings. The van der Waals surface area contributed by atoms with Gasteiger partial charge in [0.2, 0.25) is 5.91 Å². The monoisotopic (exact) mass is 557 g/mol. The van der Waals surface area contributed by atoms with Gasteiger partial charge < -0.3 is 15.5 Å². The van der Waals surface area contributed by atoms with E-state index >= 15 is 0 Å². The molecule has 0 aliphatic carbocycles. The van der Waals surface area contributed by atoms with Crippen molar-refractivity contribution in [3.05, 3.63) is 78.1 Å². The SMILES string of the molecule is CCNC(=NCc1nccc2ccccc12)NCC1CC(=O)N(CCc2ccccc2)C1.I. The van der Waals surface area contributed by atoms with Crippen LogP contribution in [0.5, 0.6) is 0 Å². The Bertz CT molecular complexity index is 1070. The Hall–Kier alpha value is -2.68. The normalized spacial score (nSPS) is 16.0. The molecule has 1 aliphatic heterocycles. The lowest BCUT2D eigenvalue weighted by Gasteiger charge is -2.18. The maximum absolute atomic E-state index is 12.5. The van der Waals surface area contributed by atoms with Gasteiger partial charge in [0.05, 0.1) is 12.2 Å².